The van der Waals surface area contributed by atoms with Gasteiger partial charge in [0.1, 0.15) is 5.82 Å². The summed E-state index contributed by atoms with van der Waals surface area (Å²) in [5, 5.41) is 6.53. The molecule has 3 fully saturated rings. The Morgan fingerprint density at radius 3 is 2.54 bits per heavy atom. The van der Waals surface area contributed by atoms with E-state index in [9.17, 15) is 9.18 Å². The van der Waals surface area contributed by atoms with Gasteiger partial charge in [-0.15, -0.1) is 24.0 Å². The molecule has 2 N–H and O–H groups in total. The van der Waals surface area contributed by atoms with Crippen LogP contribution in [0, 0.1) is 5.82 Å². The van der Waals surface area contributed by atoms with Crippen LogP contribution < -0.4 is 10.6 Å². The quantitative estimate of drug-likeness (QED) is 0.367. The van der Waals surface area contributed by atoms with E-state index in [1.165, 1.54) is 6.07 Å². The highest BCUT2D eigenvalue weighted by molar-refractivity contribution is 14.0. The van der Waals surface area contributed by atoms with Gasteiger partial charge < -0.3 is 15.5 Å². The second-order valence-corrected chi connectivity index (χ2v) is 7.77. The molecule has 8 heteroatoms. The maximum absolute atomic E-state index is 14.0. The molecule has 4 rings (SSSR count). The molecule has 3 aliphatic rings. The van der Waals surface area contributed by atoms with Crippen molar-refractivity contribution >= 4 is 35.8 Å². The van der Waals surface area contributed by atoms with Crippen molar-refractivity contribution in [3.8, 4) is 0 Å². The van der Waals surface area contributed by atoms with Gasteiger partial charge in [-0.25, -0.2) is 4.39 Å². The van der Waals surface area contributed by atoms with Crippen LogP contribution in [0.1, 0.15) is 30.7 Å². The summed E-state index contributed by atoms with van der Waals surface area (Å²) in [7, 11) is 1.79. The standard InChI is InChI=1S/C20H28FN5O.HI/c1-22-20(24-18-12-16(18)15-4-2-3-5-17(15)21)26-10-8-25(9-11-26)13-19(27)23-14-6-7-14;/h2-5,14,16,18H,6-13H2,1H3,(H,22,24)(H,23,27);1H. The Labute approximate surface area is 183 Å². The van der Waals surface area contributed by atoms with Crippen LogP contribution in [0.5, 0.6) is 0 Å². The molecule has 2 atom stereocenters. The normalized spacial score (nSPS) is 25.1. The molecule has 0 bridgehead atoms. The van der Waals surface area contributed by atoms with E-state index in [0.29, 0.717) is 12.6 Å². The van der Waals surface area contributed by atoms with Crippen LogP contribution >= 0.6 is 24.0 Å². The lowest BCUT2D eigenvalue weighted by Crippen LogP contribution is -2.54. The third-order valence-corrected chi connectivity index (χ3v) is 5.60. The molecule has 0 radical (unpaired) electrons. The number of piperazine rings is 1. The fraction of sp³-hybridized carbons (Fsp3) is 0.600. The number of benzene rings is 1. The Bertz CT molecular complexity index is 718. The van der Waals surface area contributed by atoms with E-state index >= 15 is 0 Å². The molecule has 2 saturated carbocycles. The van der Waals surface area contributed by atoms with Crippen molar-refractivity contribution in [3.05, 3.63) is 35.6 Å². The molecule has 154 valence electrons. The number of rotatable bonds is 5. The maximum Gasteiger partial charge on any atom is 0.234 e. The fourth-order valence-electron chi connectivity index (χ4n) is 3.76. The van der Waals surface area contributed by atoms with Gasteiger partial charge >= 0.3 is 0 Å². The molecular formula is C20H29FIN5O. The number of hydrogen-bond acceptors (Lipinski definition) is 3. The molecule has 1 aromatic carbocycles. The molecule has 0 aromatic heterocycles. The number of amides is 1. The third kappa shape index (κ3) is 5.34. The lowest BCUT2D eigenvalue weighted by atomic mass is 10.1. The summed E-state index contributed by atoms with van der Waals surface area (Å²) in [5.74, 6) is 1.11. The van der Waals surface area contributed by atoms with Crippen LogP contribution in [0.2, 0.25) is 0 Å². The molecule has 1 saturated heterocycles. The van der Waals surface area contributed by atoms with Gasteiger partial charge in [0.25, 0.3) is 0 Å². The van der Waals surface area contributed by atoms with Crippen LogP contribution in [-0.2, 0) is 4.79 Å². The van der Waals surface area contributed by atoms with E-state index in [2.05, 4.69) is 25.4 Å². The van der Waals surface area contributed by atoms with Crippen molar-refractivity contribution in [3.63, 3.8) is 0 Å². The molecule has 1 aromatic rings. The molecule has 0 spiro atoms. The number of aliphatic imine (C=N–C) groups is 1. The summed E-state index contributed by atoms with van der Waals surface area (Å²) < 4.78 is 14.0. The van der Waals surface area contributed by atoms with Crippen molar-refractivity contribution in [2.75, 3.05) is 39.8 Å². The van der Waals surface area contributed by atoms with Crippen LogP contribution in [0.3, 0.4) is 0 Å². The Kier molecular flexibility index (Phi) is 7.14. The third-order valence-electron chi connectivity index (χ3n) is 5.60. The van der Waals surface area contributed by atoms with E-state index in [0.717, 1.165) is 57.0 Å². The topological polar surface area (TPSA) is 60.0 Å². The van der Waals surface area contributed by atoms with Gasteiger partial charge in [-0.2, -0.15) is 0 Å². The molecule has 6 nitrogen and oxygen atoms in total. The van der Waals surface area contributed by atoms with E-state index in [1.807, 2.05) is 12.1 Å². The average Bonchev–Trinajstić information content (AvgIpc) is 3.58. The molecule has 1 aliphatic heterocycles. The lowest BCUT2D eigenvalue weighted by molar-refractivity contribution is -0.122. The molecule has 1 heterocycles. The Morgan fingerprint density at radius 1 is 1.18 bits per heavy atom. The predicted molar refractivity (Wildman–Crippen MR) is 119 cm³/mol. The van der Waals surface area contributed by atoms with Gasteiger partial charge in [0.2, 0.25) is 5.91 Å². The average molecular weight is 501 g/mol. The SMILES string of the molecule is CN=C(NC1CC1c1ccccc1F)N1CCN(CC(=O)NC2CC2)CC1.I. The maximum atomic E-state index is 14.0. The van der Waals surface area contributed by atoms with Crippen molar-refractivity contribution in [2.45, 2.75) is 37.3 Å². The van der Waals surface area contributed by atoms with Gasteiger partial charge in [-0.1, -0.05) is 18.2 Å². The van der Waals surface area contributed by atoms with Gasteiger partial charge in [-0.05, 0) is 30.9 Å². The van der Waals surface area contributed by atoms with Gasteiger partial charge in [0.05, 0.1) is 6.54 Å². The molecule has 1 amide bonds. The number of hydrogen-bond donors (Lipinski definition) is 2. The van der Waals surface area contributed by atoms with Crippen LogP contribution in [0.25, 0.3) is 0 Å². The Balaban J connectivity index is 0.00000225. The Hall–Kier alpha value is -1.42. The highest BCUT2D eigenvalue weighted by Gasteiger charge is 2.41. The van der Waals surface area contributed by atoms with Crippen molar-refractivity contribution in [1.29, 1.82) is 0 Å². The summed E-state index contributed by atoms with van der Waals surface area (Å²) in [6.45, 7) is 3.86. The summed E-state index contributed by atoms with van der Waals surface area (Å²) in [5.41, 5.74) is 0.789. The smallest absolute Gasteiger partial charge is 0.234 e. The summed E-state index contributed by atoms with van der Waals surface area (Å²) in [6.07, 6.45) is 3.17. The largest absolute Gasteiger partial charge is 0.353 e. The van der Waals surface area contributed by atoms with E-state index in [1.54, 1.807) is 13.1 Å². The minimum atomic E-state index is -0.125. The minimum absolute atomic E-state index is 0. The monoisotopic (exact) mass is 501 g/mol. The van der Waals surface area contributed by atoms with Crippen molar-refractivity contribution in [1.82, 2.24) is 20.4 Å². The van der Waals surface area contributed by atoms with E-state index in [-0.39, 0.29) is 47.7 Å². The number of carbonyl (C=O) groups is 1. The van der Waals surface area contributed by atoms with Gasteiger partial charge in [0, 0.05) is 51.2 Å². The Morgan fingerprint density at radius 2 is 1.89 bits per heavy atom. The number of nitrogens with zero attached hydrogens (tertiary/aromatic N) is 3. The first kappa shape index (κ1) is 21.3. The van der Waals surface area contributed by atoms with Gasteiger partial charge in [-0.3, -0.25) is 14.7 Å². The molecule has 28 heavy (non-hydrogen) atoms. The highest BCUT2D eigenvalue weighted by Crippen LogP contribution is 2.41. The first-order valence-electron chi connectivity index (χ1n) is 9.88. The van der Waals surface area contributed by atoms with Crippen molar-refractivity contribution < 1.29 is 9.18 Å². The summed E-state index contributed by atoms with van der Waals surface area (Å²) >= 11 is 0. The second-order valence-electron chi connectivity index (χ2n) is 7.77. The number of nitrogens with one attached hydrogen (secondary N) is 2. The number of carbonyl (C=O) groups excluding carboxylic acids is 1. The lowest BCUT2D eigenvalue weighted by Gasteiger charge is -2.36. The van der Waals surface area contributed by atoms with Crippen LogP contribution in [0.15, 0.2) is 29.3 Å². The predicted octanol–water partition coefficient (Wildman–Crippen LogP) is 1.77. The first-order chi connectivity index (χ1) is 13.1. The number of guanidine groups is 1. The van der Waals surface area contributed by atoms with Crippen LogP contribution in [0.4, 0.5) is 4.39 Å². The minimum Gasteiger partial charge on any atom is -0.353 e. The van der Waals surface area contributed by atoms with Crippen molar-refractivity contribution in [2.24, 2.45) is 4.99 Å². The zero-order valence-corrected chi connectivity index (χ0v) is 18.6. The first-order valence-corrected chi connectivity index (χ1v) is 9.88. The zero-order valence-electron chi connectivity index (χ0n) is 16.2. The van der Waals surface area contributed by atoms with E-state index in [4.69, 9.17) is 0 Å². The van der Waals surface area contributed by atoms with Gasteiger partial charge in [0.15, 0.2) is 5.96 Å². The molecule has 2 unspecified atom stereocenters. The fourth-order valence-corrected chi connectivity index (χ4v) is 3.76. The van der Waals surface area contributed by atoms with Crippen LogP contribution in [-0.4, -0.2) is 73.5 Å². The van der Waals surface area contributed by atoms with E-state index < -0.39 is 0 Å². The number of halogens is 2. The highest BCUT2D eigenvalue weighted by atomic mass is 127. The summed E-state index contributed by atoms with van der Waals surface area (Å²) in [6, 6.07) is 7.67. The second kappa shape index (κ2) is 9.39. The molecule has 2 aliphatic carbocycles. The molecular weight excluding hydrogens is 472 g/mol. The summed E-state index contributed by atoms with van der Waals surface area (Å²) in [4.78, 5) is 20.8. The zero-order chi connectivity index (χ0) is 18.8.